The van der Waals surface area contributed by atoms with Crippen LogP contribution in [0.15, 0.2) is 42.5 Å². The Bertz CT molecular complexity index is 1350. The number of methoxy groups -OCH3 is 1. The van der Waals surface area contributed by atoms with E-state index in [2.05, 4.69) is 23.7 Å². The minimum absolute atomic E-state index is 0.0924. The molecular formula is C30H37N3O4. The number of aromatic amines is 1. The number of aromatic hydroxyl groups is 1. The van der Waals surface area contributed by atoms with Crippen LogP contribution in [-0.2, 0) is 16.0 Å². The van der Waals surface area contributed by atoms with Crippen LogP contribution in [0.1, 0.15) is 56.4 Å². The van der Waals surface area contributed by atoms with Gasteiger partial charge in [-0.2, -0.15) is 0 Å². The lowest BCUT2D eigenvalue weighted by Crippen LogP contribution is -2.52. The fraction of sp³-hybridized carbons (Fsp3) is 0.467. The van der Waals surface area contributed by atoms with Crippen molar-refractivity contribution >= 4 is 22.7 Å². The summed E-state index contributed by atoms with van der Waals surface area (Å²) >= 11 is 0. The first-order chi connectivity index (χ1) is 17.6. The highest BCUT2D eigenvalue weighted by molar-refractivity contribution is 6.00. The molecule has 3 atom stereocenters. The summed E-state index contributed by atoms with van der Waals surface area (Å²) in [6.07, 6.45) is 1.48. The number of carbonyl (C=O) groups excluding carboxylic acids is 2. The summed E-state index contributed by atoms with van der Waals surface area (Å²) in [7, 11) is 3.67. The van der Waals surface area contributed by atoms with E-state index >= 15 is 0 Å². The van der Waals surface area contributed by atoms with Crippen molar-refractivity contribution in [3.8, 4) is 11.5 Å². The van der Waals surface area contributed by atoms with Crippen molar-refractivity contribution in [1.29, 1.82) is 0 Å². The van der Waals surface area contributed by atoms with Gasteiger partial charge < -0.3 is 19.7 Å². The molecule has 2 aromatic carbocycles. The number of benzene rings is 2. The average molecular weight is 504 g/mol. The number of aromatic nitrogens is 1. The van der Waals surface area contributed by atoms with Gasteiger partial charge >= 0.3 is 0 Å². The van der Waals surface area contributed by atoms with E-state index in [1.54, 1.807) is 19.2 Å². The summed E-state index contributed by atoms with van der Waals surface area (Å²) in [5, 5.41) is 11.4. The summed E-state index contributed by atoms with van der Waals surface area (Å²) in [5.41, 5.74) is 3.32. The highest BCUT2D eigenvalue weighted by atomic mass is 16.5. The largest absolute Gasteiger partial charge is 0.508 e. The van der Waals surface area contributed by atoms with Crippen LogP contribution in [0.3, 0.4) is 0 Å². The second kappa shape index (κ2) is 9.53. The third-order valence-corrected chi connectivity index (χ3v) is 8.71. The van der Waals surface area contributed by atoms with Gasteiger partial charge in [-0.1, -0.05) is 19.1 Å². The van der Waals surface area contributed by atoms with Crippen molar-refractivity contribution in [3.63, 3.8) is 0 Å². The Hall–Kier alpha value is -3.32. The molecule has 3 aromatic rings. The van der Waals surface area contributed by atoms with Crippen LogP contribution in [0.25, 0.3) is 10.9 Å². The summed E-state index contributed by atoms with van der Waals surface area (Å²) in [4.78, 5) is 35.0. The molecule has 2 aliphatic rings. The Balaban J connectivity index is 1.65. The van der Waals surface area contributed by atoms with Gasteiger partial charge in [0.25, 0.3) is 0 Å². The number of fused-ring (bicyclic) bond motifs is 4. The SMILES string of the molecule is COc1ccc2[nH]c3c(c2c1)C[C@@]1(C)C(=O)N(CCN(C)C(C)C)C(=O)CCC1[C@@H]3c1cccc(O)c1. The second-order valence-electron chi connectivity index (χ2n) is 11.2. The van der Waals surface area contributed by atoms with E-state index < -0.39 is 5.41 Å². The van der Waals surface area contributed by atoms with E-state index in [-0.39, 0.29) is 29.4 Å². The highest BCUT2D eigenvalue weighted by Crippen LogP contribution is 2.55. The molecule has 0 bridgehead atoms. The van der Waals surface area contributed by atoms with Crippen LogP contribution in [0.2, 0.25) is 0 Å². The number of phenols is 1. The van der Waals surface area contributed by atoms with Crippen LogP contribution in [0, 0.1) is 11.3 Å². The van der Waals surface area contributed by atoms with Crippen molar-refractivity contribution in [1.82, 2.24) is 14.8 Å². The first-order valence-electron chi connectivity index (χ1n) is 13.2. The Morgan fingerprint density at radius 3 is 2.70 bits per heavy atom. The number of carbonyl (C=O) groups is 2. The minimum atomic E-state index is -0.774. The third kappa shape index (κ3) is 4.29. The summed E-state index contributed by atoms with van der Waals surface area (Å²) in [6, 6.07) is 13.6. The molecule has 2 N–H and O–H groups in total. The number of imide groups is 1. The minimum Gasteiger partial charge on any atom is -0.508 e. The molecule has 7 nitrogen and oxygen atoms in total. The van der Waals surface area contributed by atoms with Gasteiger partial charge in [-0.15, -0.1) is 0 Å². The first-order valence-corrected chi connectivity index (χ1v) is 13.2. The van der Waals surface area contributed by atoms with E-state index in [1.807, 2.05) is 44.3 Å². The van der Waals surface area contributed by atoms with Gasteiger partial charge in [0.05, 0.1) is 12.5 Å². The standard InChI is InChI=1S/C30H37N3O4/c1-18(2)32(4)13-14-33-26(35)12-10-24-27(19-7-6-8-20(34)15-19)28-23(17-30(24,3)29(33)36)22-16-21(37-5)9-11-25(22)31-28/h6-9,11,15-16,18,24,27,31,34H,10,12-14,17H2,1-5H3/t24?,27-,30+/m0/s1. The number of phenolic OH excluding ortho intramolecular Hbond substituents is 1. The van der Waals surface area contributed by atoms with Crippen molar-refractivity contribution in [2.75, 3.05) is 27.2 Å². The van der Waals surface area contributed by atoms with Crippen molar-refractivity contribution in [2.24, 2.45) is 11.3 Å². The summed E-state index contributed by atoms with van der Waals surface area (Å²) < 4.78 is 5.52. The van der Waals surface area contributed by atoms with Gasteiger partial charge in [0.2, 0.25) is 11.8 Å². The molecule has 37 heavy (non-hydrogen) atoms. The van der Waals surface area contributed by atoms with Crippen LogP contribution >= 0.6 is 0 Å². The van der Waals surface area contributed by atoms with Gasteiger partial charge in [-0.3, -0.25) is 14.5 Å². The maximum Gasteiger partial charge on any atom is 0.235 e. The van der Waals surface area contributed by atoms with E-state index in [0.717, 1.165) is 33.5 Å². The van der Waals surface area contributed by atoms with Gasteiger partial charge in [0.1, 0.15) is 11.5 Å². The lowest BCUT2D eigenvalue weighted by Gasteiger charge is -2.45. The lowest BCUT2D eigenvalue weighted by molar-refractivity contribution is -0.151. The topological polar surface area (TPSA) is 85.9 Å². The number of H-pyrrole nitrogens is 1. The average Bonchev–Trinajstić information content (AvgIpc) is 3.19. The van der Waals surface area contributed by atoms with Gasteiger partial charge in [0, 0.05) is 48.1 Å². The summed E-state index contributed by atoms with van der Waals surface area (Å²) in [6.45, 7) is 7.28. The van der Waals surface area contributed by atoms with Crippen LogP contribution in [-0.4, -0.2) is 65.0 Å². The predicted molar refractivity (Wildman–Crippen MR) is 144 cm³/mol. The van der Waals surface area contributed by atoms with Gasteiger partial charge in [0.15, 0.2) is 0 Å². The van der Waals surface area contributed by atoms with E-state index in [9.17, 15) is 14.7 Å². The van der Waals surface area contributed by atoms with Gasteiger partial charge in [-0.05, 0) is 81.1 Å². The summed E-state index contributed by atoms with van der Waals surface area (Å²) in [5.74, 6) is 0.512. The lowest BCUT2D eigenvalue weighted by atomic mass is 9.59. The number of rotatable bonds is 6. The molecule has 1 saturated heterocycles. The van der Waals surface area contributed by atoms with E-state index in [0.29, 0.717) is 38.4 Å². The molecule has 5 rings (SSSR count). The number of nitrogens with zero attached hydrogens (tertiary/aromatic N) is 2. The fourth-order valence-corrected chi connectivity index (χ4v) is 6.31. The molecule has 1 unspecified atom stereocenters. The number of likely N-dealkylation sites (tertiary alicyclic amines) is 1. The van der Waals surface area contributed by atoms with Crippen LogP contribution in [0.5, 0.6) is 11.5 Å². The number of amides is 2. The number of hydrogen-bond donors (Lipinski definition) is 2. The van der Waals surface area contributed by atoms with Crippen molar-refractivity contribution < 1.29 is 19.4 Å². The Morgan fingerprint density at radius 2 is 2.00 bits per heavy atom. The Labute approximate surface area is 218 Å². The molecule has 1 aromatic heterocycles. The molecule has 2 heterocycles. The van der Waals surface area contributed by atoms with Crippen molar-refractivity contribution in [2.45, 2.75) is 52.0 Å². The van der Waals surface area contributed by atoms with Gasteiger partial charge in [-0.25, -0.2) is 0 Å². The Kier molecular flexibility index (Phi) is 6.52. The fourth-order valence-electron chi connectivity index (χ4n) is 6.31. The number of ether oxygens (including phenoxy) is 1. The first kappa shape index (κ1) is 25.3. The number of hydrogen-bond acceptors (Lipinski definition) is 5. The molecular weight excluding hydrogens is 466 g/mol. The third-order valence-electron chi connectivity index (χ3n) is 8.71. The van der Waals surface area contributed by atoms with Crippen LogP contribution in [0.4, 0.5) is 0 Å². The molecule has 0 spiro atoms. The molecule has 7 heteroatoms. The molecule has 1 aliphatic carbocycles. The molecule has 0 saturated carbocycles. The quantitative estimate of drug-likeness (QED) is 0.477. The number of likely N-dealkylation sites (N-methyl/N-ethyl adjacent to an activating group) is 1. The zero-order valence-corrected chi connectivity index (χ0v) is 22.4. The number of nitrogens with one attached hydrogen (secondary N) is 1. The zero-order valence-electron chi connectivity index (χ0n) is 22.4. The molecule has 0 radical (unpaired) electrons. The zero-order chi connectivity index (χ0) is 26.5. The molecule has 2 amide bonds. The Morgan fingerprint density at radius 1 is 1.22 bits per heavy atom. The monoisotopic (exact) mass is 503 g/mol. The predicted octanol–water partition coefficient (Wildman–Crippen LogP) is 4.68. The highest BCUT2D eigenvalue weighted by Gasteiger charge is 2.54. The van der Waals surface area contributed by atoms with Crippen molar-refractivity contribution in [3.05, 3.63) is 59.3 Å². The van der Waals surface area contributed by atoms with Crippen LogP contribution < -0.4 is 4.74 Å². The van der Waals surface area contributed by atoms with E-state index in [1.165, 1.54) is 4.90 Å². The maximum atomic E-state index is 14.3. The maximum absolute atomic E-state index is 14.3. The smallest absolute Gasteiger partial charge is 0.235 e. The molecule has 1 aliphatic heterocycles. The normalized spacial score (nSPS) is 23.9. The second-order valence-corrected chi connectivity index (χ2v) is 11.2. The molecule has 196 valence electrons. The molecule has 1 fully saturated rings. The van der Waals surface area contributed by atoms with E-state index in [4.69, 9.17) is 4.74 Å².